The lowest BCUT2D eigenvalue weighted by molar-refractivity contribution is -0.145. The predicted octanol–water partition coefficient (Wildman–Crippen LogP) is -0.398. The Bertz CT molecular complexity index is 329. The largest absolute Gasteiger partial charge is 0.481 e. The van der Waals surface area contributed by atoms with Gasteiger partial charge in [-0.1, -0.05) is 0 Å². The van der Waals surface area contributed by atoms with Gasteiger partial charge >= 0.3 is 5.97 Å². The first-order valence-corrected chi connectivity index (χ1v) is 6.14. The van der Waals surface area contributed by atoms with Crippen molar-refractivity contribution >= 4 is 11.9 Å². The molecule has 1 fully saturated rings. The SMILES string of the molecule is CN(C)CCN1CC(C)(C)NC(=O)C1CC(=O)O. The predicted molar refractivity (Wildman–Crippen MR) is 68.4 cm³/mol. The van der Waals surface area contributed by atoms with E-state index in [-0.39, 0.29) is 17.9 Å². The van der Waals surface area contributed by atoms with Crippen LogP contribution >= 0.6 is 0 Å². The van der Waals surface area contributed by atoms with Gasteiger partial charge in [0.2, 0.25) is 5.91 Å². The van der Waals surface area contributed by atoms with E-state index in [0.717, 1.165) is 6.54 Å². The fourth-order valence-corrected chi connectivity index (χ4v) is 2.19. The molecule has 6 heteroatoms. The van der Waals surface area contributed by atoms with Crippen molar-refractivity contribution in [2.45, 2.75) is 31.8 Å². The Balaban J connectivity index is 2.75. The Morgan fingerprint density at radius 1 is 1.56 bits per heavy atom. The molecule has 1 rings (SSSR count). The van der Waals surface area contributed by atoms with Crippen LogP contribution in [0.3, 0.4) is 0 Å². The van der Waals surface area contributed by atoms with Gasteiger partial charge in [0, 0.05) is 25.2 Å². The molecule has 6 nitrogen and oxygen atoms in total. The highest BCUT2D eigenvalue weighted by Gasteiger charge is 2.39. The zero-order chi connectivity index (χ0) is 13.9. The topological polar surface area (TPSA) is 72.9 Å². The number of nitrogens with zero attached hydrogens (tertiary/aromatic N) is 2. The average molecular weight is 257 g/mol. The summed E-state index contributed by atoms with van der Waals surface area (Å²) in [5.41, 5.74) is -0.307. The number of carbonyl (C=O) groups is 2. The average Bonchev–Trinajstić information content (AvgIpc) is 2.18. The number of hydrogen-bond donors (Lipinski definition) is 2. The summed E-state index contributed by atoms with van der Waals surface area (Å²) in [4.78, 5) is 26.8. The van der Waals surface area contributed by atoms with Crippen molar-refractivity contribution in [3.05, 3.63) is 0 Å². The van der Waals surface area contributed by atoms with E-state index in [1.54, 1.807) is 0 Å². The molecule has 0 saturated carbocycles. The van der Waals surface area contributed by atoms with Gasteiger partial charge in [0.25, 0.3) is 0 Å². The highest BCUT2D eigenvalue weighted by Crippen LogP contribution is 2.18. The molecule has 2 N–H and O–H groups in total. The minimum absolute atomic E-state index is 0.144. The normalized spacial score (nSPS) is 24.1. The van der Waals surface area contributed by atoms with Crippen LogP contribution < -0.4 is 5.32 Å². The lowest BCUT2D eigenvalue weighted by Crippen LogP contribution is -2.65. The van der Waals surface area contributed by atoms with Crippen molar-refractivity contribution in [2.75, 3.05) is 33.7 Å². The highest BCUT2D eigenvalue weighted by atomic mass is 16.4. The number of carbonyl (C=O) groups excluding carboxylic acids is 1. The molecule has 0 bridgehead atoms. The summed E-state index contributed by atoms with van der Waals surface area (Å²) in [5.74, 6) is -1.13. The second-order valence-corrected chi connectivity index (χ2v) is 5.76. The molecule has 1 heterocycles. The maximum atomic E-state index is 12.0. The van der Waals surface area contributed by atoms with E-state index in [1.165, 1.54) is 0 Å². The molecule has 1 aliphatic heterocycles. The first kappa shape index (κ1) is 14.9. The van der Waals surface area contributed by atoms with Crippen LogP contribution in [0.1, 0.15) is 20.3 Å². The minimum Gasteiger partial charge on any atom is -0.481 e. The molecule has 0 aromatic carbocycles. The number of nitrogens with one attached hydrogen (secondary N) is 1. The number of carboxylic acids is 1. The van der Waals surface area contributed by atoms with Crippen LogP contribution in [-0.4, -0.2) is 72.1 Å². The van der Waals surface area contributed by atoms with Crippen LogP contribution in [0, 0.1) is 0 Å². The number of aliphatic carboxylic acids is 1. The third-order valence-corrected chi connectivity index (χ3v) is 3.01. The first-order chi connectivity index (χ1) is 8.21. The third kappa shape index (κ3) is 4.27. The molecule has 0 aliphatic carbocycles. The second-order valence-electron chi connectivity index (χ2n) is 5.76. The Labute approximate surface area is 108 Å². The molecular formula is C12H23N3O3. The number of likely N-dealkylation sites (N-methyl/N-ethyl adjacent to an activating group) is 1. The zero-order valence-corrected chi connectivity index (χ0v) is 11.6. The molecule has 1 amide bonds. The molecule has 0 radical (unpaired) electrons. The van der Waals surface area contributed by atoms with E-state index >= 15 is 0 Å². The van der Waals surface area contributed by atoms with Crippen LogP contribution in [0.5, 0.6) is 0 Å². The van der Waals surface area contributed by atoms with Crippen molar-refractivity contribution in [2.24, 2.45) is 0 Å². The van der Waals surface area contributed by atoms with E-state index in [9.17, 15) is 9.59 Å². The van der Waals surface area contributed by atoms with E-state index in [0.29, 0.717) is 13.1 Å². The van der Waals surface area contributed by atoms with Gasteiger partial charge in [0.15, 0.2) is 0 Å². The van der Waals surface area contributed by atoms with Gasteiger partial charge in [0.1, 0.15) is 0 Å². The number of carboxylic acid groups (broad SMARTS) is 1. The lowest BCUT2D eigenvalue weighted by atomic mass is 9.96. The summed E-state index contributed by atoms with van der Waals surface area (Å²) >= 11 is 0. The summed E-state index contributed by atoms with van der Waals surface area (Å²) in [6, 6.07) is -0.560. The summed E-state index contributed by atoms with van der Waals surface area (Å²) in [5, 5.41) is 11.8. The molecule has 1 atom stereocenters. The number of hydrogen-bond acceptors (Lipinski definition) is 4. The Hall–Kier alpha value is -1.14. The molecule has 1 unspecified atom stereocenters. The fraction of sp³-hybridized carbons (Fsp3) is 0.833. The lowest BCUT2D eigenvalue weighted by Gasteiger charge is -2.43. The van der Waals surface area contributed by atoms with Gasteiger partial charge in [-0.25, -0.2) is 0 Å². The molecule has 18 heavy (non-hydrogen) atoms. The summed E-state index contributed by atoms with van der Waals surface area (Å²) < 4.78 is 0. The Morgan fingerprint density at radius 2 is 2.17 bits per heavy atom. The zero-order valence-electron chi connectivity index (χ0n) is 11.6. The second kappa shape index (κ2) is 5.67. The number of rotatable bonds is 5. The maximum absolute atomic E-state index is 12.0. The van der Waals surface area contributed by atoms with E-state index in [2.05, 4.69) is 5.32 Å². The molecular weight excluding hydrogens is 234 g/mol. The van der Waals surface area contributed by atoms with Crippen molar-refractivity contribution in [1.82, 2.24) is 15.1 Å². The molecule has 1 saturated heterocycles. The van der Waals surface area contributed by atoms with Gasteiger partial charge in [0.05, 0.1) is 12.5 Å². The summed E-state index contributed by atoms with van der Waals surface area (Å²) in [6.07, 6.45) is -0.144. The quantitative estimate of drug-likeness (QED) is 0.701. The molecule has 1 aliphatic rings. The molecule has 0 aromatic heterocycles. The minimum atomic E-state index is -0.940. The van der Waals surface area contributed by atoms with Crippen LogP contribution in [-0.2, 0) is 9.59 Å². The van der Waals surface area contributed by atoms with Gasteiger partial charge in [-0.2, -0.15) is 0 Å². The van der Waals surface area contributed by atoms with Crippen LogP contribution in [0.4, 0.5) is 0 Å². The molecule has 0 aromatic rings. The molecule has 0 spiro atoms. The van der Waals surface area contributed by atoms with Gasteiger partial charge < -0.3 is 15.3 Å². The van der Waals surface area contributed by atoms with Gasteiger partial charge in [-0.3, -0.25) is 14.5 Å². The van der Waals surface area contributed by atoms with Crippen molar-refractivity contribution in [3.63, 3.8) is 0 Å². The first-order valence-electron chi connectivity index (χ1n) is 6.14. The standard InChI is InChI=1S/C12H23N3O3/c1-12(2)8-15(6-5-14(3)4)9(7-10(16)17)11(18)13-12/h9H,5-8H2,1-4H3,(H,13,18)(H,16,17). The highest BCUT2D eigenvalue weighted by molar-refractivity contribution is 5.87. The van der Waals surface area contributed by atoms with E-state index in [4.69, 9.17) is 5.11 Å². The van der Waals surface area contributed by atoms with Crippen LogP contribution in [0.15, 0.2) is 0 Å². The number of amides is 1. The van der Waals surface area contributed by atoms with Gasteiger partial charge in [-0.15, -0.1) is 0 Å². The third-order valence-electron chi connectivity index (χ3n) is 3.01. The molecule has 104 valence electrons. The summed E-state index contributed by atoms with van der Waals surface area (Å²) in [7, 11) is 3.92. The van der Waals surface area contributed by atoms with E-state index in [1.807, 2.05) is 37.7 Å². The Kier molecular flexibility index (Phi) is 4.70. The Morgan fingerprint density at radius 3 is 2.67 bits per heavy atom. The van der Waals surface area contributed by atoms with E-state index < -0.39 is 12.0 Å². The summed E-state index contributed by atoms with van der Waals surface area (Å²) in [6.45, 7) is 6.07. The van der Waals surface area contributed by atoms with Crippen molar-refractivity contribution < 1.29 is 14.7 Å². The monoisotopic (exact) mass is 257 g/mol. The smallest absolute Gasteiger partial charge is 0.305 e. The van der Waals surface area contributed by atoms with Crippen molar-refractivity contribution in [3.8, 4) is 0 Å². The maximum Gasteiger partial charge on any atom is 0.305 e. The van der Waals surface area contributed by atoms with Crippen LogP contribution in [0.2, 0.25) is 0 Å². The van der Waals surface area contributed by atoms with Gasteiger partial charge in [-0.05, 0) is 27.9 Å². The van der Waals surface area contributed by atoms with Crippen molar-refractivity contribution in [1.29, 1.82) is 0 Å². The van der Waals surface area contributed by atoms with Crippen LogP contribution in [0.25, 0.3) is 0 Å². The fourth-order valence-electron chi connectivity index (χ4n) is 2.19. The number of piperazine rings is 1.